The number of benzene rings is 1. The Morgan fingerprint density at radius 3 is 2.16 bits per heavy atom. The van der Waals surface area contributed by atoms with Gasteiger partial charge in [-0.3, -0.25) is 0 Å². The van der Waals surface area contributed by atoms with E-state index in [9.17, 15) is 5.11 Å². The molecule has 0 amide bonds. The van der Waals surface area contributed by atoms with Gasteiger partial charge < -0.3 is 10.4 Å². The van der Waals surface area contributed by atoms with Crippen LogP contribution in [0.2, 0.25) is 0 Å². The van der Waals surface area contributed by atoms with Crippen LogP contribution in [0.15, 0.2) is 24.3 Å². The molecule has 0 aliphatic heterocycles. The average Bonchev–Trinajstić information content (AvgIpc) is 2.45. The lowest BCUT2D eigenvalue weighted by Gasteiger charge is -2.26. The number of nitrogens with one attached hydrogen (secondary N) is 1. The molecule has 2 nitrogen and oxygen atoms in total. The van der Waals surface area contributed by atoms with Crippen molar-refractivity contribution in [1.82, 2.24) is 5.32 Å². The molecule has 0 aromatic heterocycles. The first-order valence-corrected chi connectivity index (χ1v) is 7.65. The van der Waals surface area contributed by atoms with Crippen LogP contribution < -0.4 is 5.32 Å². The van der Waals surface area contributed by atoms with Gasteiger partial charge in [0.05, 0.1) is 6.10 Å². The van der Waals surface area contributed by atoms with Crippen LogP contribution in [0.25, 0.3) is 0 Å². The van der Waals surface area contributed by atoms with Crippen LogP contribution in [0.4, 0.5) is 0 Å². The van der Waals surface area contributed by atoms with E-state index in [4.69, 9.17) is 0 Å². The number of hydrogen-bond donors (Lipinski definition) is 2. The number of rotatable bonds is 8. The fourth-order valence-corrected chi connectivity index (χ4v) is 2.32. The fourth-order valence-electron chi connectivity index (χ4n) is 2.32. The topological polar surface area (TPSA) is 32.3 Å². The van der Waals surface area contributed by atoms with Crippen molar-refractivity contribution in [3.63, 3.8) is 0 Å². The predicted molar refractivity (Wildman–Crippen MR) is 82.4 cm³/mol. The van der Waals surface area contributed by atoms with Gasteiger partial charge in [0.15, 0.2) is 0 Å². The number of aryl methyl sites for hydroxylation is 1. The van der Waals surface area contributed by atoms with Gasteiger partial charge in [-0.25, -0.2) is 0 Å². The molecule has 0 aliphatic rings. The molecule has 3 unspecified atom stereocenters. The van der Waals surface area contributed by atoms with E-state index >= 15 is 0 Å². The van der Waals surface area contributed by atoms with Gasteiger partial charge in [-0.2, -0.15) is 0 Å². The van der Waals surface area contributed by atoms with Crippen LogP contribution in [0, 0.1) is 0 Å². The van der Waals surface area contributed by atoms with E-state index in [1.807, 2.05) is 0 Å². The van der Waals surface area contributed by atoms with Crippen LogP contribution in [-0.2, 0) is 6.42 Å². The van der Waals surface area contributed by atoms with E-state index in [0.29, 0.717) is 6.04 Å². The Morgan fingerprint density at radius 1 is 1.05 bits per heavy atom. The smallest absolute Gasteiger partial charge is 0.0942 e. The molecule has 1 aromatic carbocycles. The zero-order valence-corrected chi connectivity index (χ0v) is 12.8. The molecular formula is C17H29NO. The molecule has 19 heavy (non-hydrogen) atoms. The normalized spacial score (nSPS) is 16.1. The van der Waals surface area contributed by atoms with Crippen LogP contribution in [0.1, 0.15) is 64.2 Å². The summed E-state index contributed by atoms with van der Waals surface area (Å²) in [7, 11) is 0. The molecule has 0 aliphatic carbocycles. The predicted octanol–water partition coefficient (Wildman–Crippen LogP) is 3.84. The lowest BCUT2D eigenvalue weighted by atomic mass is 9.97. The summed E-state index contributed by atoms with van der Waals surface area (Å²) in [6.45, 7) is 8.64. The quantitative estimate of drug-likeness (QED) is 0.747. The van der Waals surface area contributed by atoms with Gasteiger partial charge in [0.2, 0.25) is 0 Å². The Morgan fingerprint density at radius 2 is 1.68 bits per heavy atom. The zero-order chi connectivity index (χ0) is 14.3. The third-order valence-corrected chi connectivity index (χ3v) is 3.79. The second kappa shape index (κ2) is 8.34. The Hall–Kier alpha value is -0.860. The molecule has 0 radical (unpaired) electrons. The summed E-state index contributed by atoms with van der Waals surface area (Å²) < 4.78 is 0. The minimum Gasteiger partial charge on any atom is -0.387 e. The molecular weight excluding hydrogens is 234 g/mol. The van der Waals surface area contributed by atoms with E-state index in [0.717, 1.165) is 31.2 Å². The Labute approximate surface area is 118 Å². The van der Waals surface area contributed by atoms with Gasteiger partial charge in [-0.1, -0.05) is 51.5 Å². The molecule has 0 fully saturated rings. The van der Waals surface area contributed by atoms with Crippen molar-refractivity contribution in [2.75, 3.05) is 0 Å². The van der Waals surface area contributed by atoms with Crippen molar-refractivity contribution < 1.29 is 5.11 Å². The van der Waals surface area contributed by atoms with Gasteiger partial charge in [0.25, 0.3) is 0 Å². The van der Waals surface area contributed by atoms with Gasteiger partial charge in [-0.15, -0.1) is 0 Å². The number of hydrogen-bond acceptors (Lipinski definition) is 2. The van der Waals surface area contributed by atoms with Crippen molar-refractivity contribution in [3.8, 4) is 0 Å². The van der Waals surface area contributed by atoms with E-state index in [2.05, 4.69) is 57.3 Å². The van der Waals surface area contributed by atoms with Crippen molar-refractivity contribution >= 4 is 0 Å². The van der Waals surface area contributed by atoms with Crippen LogP contribution >= 0.6 is 0 Å². The molecule has 0 saturated carbocycles. The lowest BCUT2D eigenvalue weighted by molar-refractivity contribution is 0.120. The maximum Gasteiger partial charge on any atom is 0.0942 e. The summed E-state index contributed by atoms with van der Waals surface area (Å²) in [6.07, 6.45) is 3.86. The van der Waals surface area contributed by atoms with Crippen molar-refractivity contribution in [1.29, 1.82) is 0 Å². The minimum absolute atomic E-state index is 0.131. The highest BCUT2D eigenvalue weighted by atomic mass is 16.3. The van der Waals surface area contributed by atoms with E-state index in [1.165, 1.54) is 5.56 Å². The summed E-state index contributed by atoms with van der Waals surface area (Å²) in [4.78, 5) is 0. The molecule has 2 heteroatoms. The molecule has 0 bridgehead atoms. The third-order valence-electron chi connectivity index (χ3n) is 3.79. The first kappa shape index (κ1) is 16.2. The number of aliphatic hydroxyl groups is 1. The Kier molecular flexibility index (Phi) is 7.11. The van der Waals surface area contributed by atoms with Crippen LogP contribution in [0.3, 0.4) is 0 Å². The van der Waals surface area contributed by atoms with E-state index in [-0.39, 0.29) is 6.04 Å². The van der Waals surface area contributed by atoms with Gasteiger partial charge >= 0.3 is 0 Å². The maximum atomic E-state index is 10.5. The highest BCUT2D eigenvalue weighted by molar-refractivity contribution is 5.25. The molecule has 3 atom stereocenters. The third kappa shape index (κ3) is 4.96. The molecule has 1 aromatic rings. The van der Waals surface area contributed by atoms with Crippen molar-refractivity contribution in [2.45, 2.75) is 71.6 Å². The van der Waals surface area contributed by atoms with Crippen molar-refractivity contribution in [2.24, 2.45) is 0 Å². The summed E-state index contributed by atoms with van der Waals surface area (Å²) in [5, 5.41) is 14.0. The van der Waals surface area contributed by atoms with Gasteiger partial charge in [0, 0.05) is 12.1 Å². The van der Waals surface area contributed by atoms with Crippen LogP contribution in [0.5, 0.6) is 0 Å². The minimum atomic E-state index is -0.422. The van der Waals surface area contributed by atoms with E-state index in [1.54, 1.807) is 0 Å². The van der Waals surface area contributed by atoms with Gasteiger partial charge in [0.1, 0.15) is 0 Å². The van der Waals surface area contributed by atoms with Crippen molar-refractivity contribution in [3.05, 3.63) is 35.4 Å². The lowest BCUT2D eigenvalue weighted by Crippen LogP contribution is -2.40. The molecule has 0 spiro atoms. The molecule has 2 N–H and O–H groups in total. The van der Waals surface area contributed by atoms with Crippen LogP contribution in [-0.4, -0.2) is 17.2 Å². The SMILES string of the molecule is CCCc1ccc(C(O)C(CC)NC(C)CC)cc1. The summed E-state index contributed by atoms with van der Waals surface area (Å²) in [5.41, 5.74) is 2.36. The highest BCUT2D eigenvalue weighted by Crippen LogP contribution is 2.20. The second-order valence-electron chi connectivity index (χ2n) is 5.43. The fraction of sp³-hybridized carbons (Fsp3) is 0.647. The summed E-state index contributed by atoms with van der Waals surface area (Å²) >= 11 is 0. The second-order valence-corrected chi connectivity index (χ2v) is 5.43. The molecule has 0 saturated heterocycles. The Balaban J connectivity index is 2.70. The molecule has 1 rings (SSSR count). The summed E-state index contributed by atoms with van der Waals surface area (Å²) in [6, 6.07) is 8.98. The first-order valence-electron chi connectivity index (χ1n) is 7.65. The monoisotopic (exact) mass is 263 g/mol. The zero-order valence-electron chi connectivity index (χ0n) is 12.8. The largest absolute Gasteiger partial charge is 0.387 e. The number of aliphatic hydroxyl groups excluding tert-OH is 1. The first-order chi connectivity index (χ1) is 9.12. The molecule has 108 valence electrons. The van der Waals surface area contributed by atoms with E-state index < -0.39 is 6.10 Å². The standard InChI is InChI=1S/C17H29NO/c1-5-8-14-9-11-15(12-10-14)17(19)16(7-3)18-13(4)6-2/h9-13,16-19H,5-8H2,1-4H3. The summed E-state index contributed by atoms with van der Waals surface area (Å²) in [5.74, 6) is 0. The molecule has 0 heterocycles. The maximum absolute atomic E-state index is 10.5. The van der Waals surface area contributed by atoms with Gasteiger partial charge in [-0.05, 0) is 37.3 Å². The highest BCUT2D eigenvalue weighted by Gasteiger charge is 2.20. The average molecular weight is 263 g/mol. The Bertz CT molecular complexity index is 347.